The van der Waals surface area contributed by atoms with Gasteiger partial charge in [0.05, 0.1) is 0 Å². The maximum atomic E-state index is 12.5. The molecular weight excluding hydrogens is 370 g/mol. The summed E-state index contributed by atoms with van der Waals surface area (Å²) in [6.45, 7) is 3.39. The lowest BCUT2D eigenvalue weighted by Gasteiger charge is -2.32. The standard InChI is InChI=1S/C23H21NO5/c1-13-21-14(8-18-16-4-2-3-5-17(16)23(25)29-22(13)18)10-24(11-26-21)15-6-7-19-20(9-15)28-12-27-19/h6-9H,2-5,10-12H2,1H3. The lowest BCUT2D eigenvalue weighted by atomic mass is 9.89. The summed E-state index contributed by atoms with van der Waals surface area (Å²) in [5.74, 6) is 2.36. The smallest absolute Gasteiger partial charge is 0.339 e. The Morgan fingerprint density at radius 1 is 0.966 bits per heavy atom. The minimum atomic E-state index is -0.187. The van der Waals surface area contributed by atoms with E-state index in [4.69, 9.17) is 18.6 Å². The predicted octanol–water partition coefficient (Wildman–Crippen LogP) is 4.07. The van der Waals surface area contributed by atoms with Crippen LogP contribution in [0.25, 0.3) is 11.0 Å². The molecule has 1 aliphatic carbocycles. The van der Waals surface area contributed by atoms with E-state index in [0.717, 1.165) is 82.8 Å². The molecule has 2 aliphatic heterocycles. The number of fused-ring (bicyclic) bond motifs is 5. The van der Waals surface area contributed by atoms with Crippen LogP contribution in [0.5, 0.6) is 17.2 Å². The number of aryl methyl sites for hydroxylation is 2. The van der Waals surface area contributed by atoms with Crippen molar-refractivity contribution < 1.29 is 18.6 Å². The maximum absolute atomic E-state index is 12.5. The van der Waals surface area contributed by atoms with Crippen molar-refractivity contribution in [2.45, 2.75) is 39.2 Å². The van der Waals surface area contributed by atoms with Crippen LogP contribution in [0.2, 0.25) is 0 Å². The largest absolute Gasteiger partial charge is 0.472 e. The summed E-state index contributed by atoms with van der Waals surface area (Å²) in [6, 6.07) is 8.11. The fraction of sp³-hybridized carbons (Fsp3) is 0.348. The van der Waals surface area contributed by atoms with Crippen LogP contribution in [0.1, 0.15) is 35.1 Å². The first-order valence-corrected chi connectivity index (χ1v) is 10.1. The van der Waals surface area contributed by atoms with Gasteiger partial charge in [-0.1, -0.05) is 0 Å². The number of ether oxygens (including phenoxy) is 3. The highest BCUT2D eigenvalue weighted by molar-refractivity contribution is 5.87. The van der Waals surface area contributed by atoms with Crippen molar-refractivity contribution >= 4 is 16.7 Å². The molecule has 3 heterocycles. The topological polar surface area (TPSA) is 61.1 Å². The molecule has 0 bridgehead atoms. The van der Waals surface area contributed by atoms with E-state index < -0.39 is 0 Å². The van der Waals surface area contributed by atoms with Crippen molar-refractivity contribution in [1.29, 1.82) is 0 Å². The lowest BCUT2D eigenvalue weighted by Crippen LogP contribution is -2.32. The number of anilines is 1. The number of nitrogens with zero attached hydrogens (tertiary/aromatic N) is 1. The average molecular weight is 391 g/mol. The van der Waals surface area contributed by atoms with Crippen LogP contribution >= 0.6 is 0 Å². The molecule has 0 saturated carbocycles. The minimum absolute atomic E-state index is 0.187. The molecule has 148 valence electrons. The Labute approximate surface area is 167 Å². The Hall–Kier alpha value is -3.15. The van der Waals surface area contributed by atoms with Crippen LogP contribution in [0.15, 0.2) is 33.5 Å². The van der Waals surface area contributed by atoms with Gasteiger partial charge in [0.2, 0.25) is 6.79 Å². The van der Waals surface area contributed by atoms with Gasteiger partial charge in [-0.25, -0.2) is 4.79 Å². The van der Waals surface area contributed by atoms with E-state index in [2.05, 4.69) is 11.0 Å². The molecule has 29 heavy (non-hydrogen) atoms. The van der Waals surface area contributed by atoms with Gasteiger partial charge < -0.3 is 23.5 Å². The lowest BCUT2D eigenvalue weighted by molar-refractivity contribution is 0.174. The summed E-state index contributed by atoms with van der Waals surface area (Å²) in [6.07, 6.45) is 3.90. The first-order chi connectivity index (χ1) is 14.2. The highest BCUT2D eigenvalue weighted by atomic mass is 16.7. The van der Waals surface area contributed by atoms with Crippen molar-refractivity contribution in [2.75, 3.05) is 18.4 Å². The van der Waals surface area contributed by atoms with Crippen molar-refractivity contribution in [3.05, 3.63) is 56.9 Å². The van der Waals surface area contributed by atoms with E-state index in [1.54, 1.807) is 0 Å². The van der Waals surface area contributed by atoms with E-state index in [0.29, 0.717) is 12.3 Å². The molecule has 0 unspecified atom stereocenters. The van der Waals surface area contributed by atoms with Gasteiger partial charge in [-0.2, -0.15) is 0 Å². The third-order valence-corrected chi connectivity index (χ3v) is 6.22. The summed E-state index contributed by atoms with van der Waals surface area (Å²) in [7, 11) is 0. The average Bonchev–Trinajstić information content (AvgIpc) is 3.23. The Morgan fingerprint density at radius 2 is 1.79 bits per heavy atom. The Bertz CT molecular complexity index is 1210. The molecule has 1 aromatic heterocycles. The van der Waals surface area contributed by atoms with E-state index in [1.807, 2.05) is 25.1 Å². The zero-order chi connectivity index (χ0) is 19.5. The molecule has 0 amide bonds. The first-order valence-electron chi connectivity index (χ1n) is 10.1. The van der Waals surface area contributed by atoms with Crippen LogP contribution in [-0.4, -0.2) is 13.5 Å². The van der Waals surface area contributed by atoms with Crippen LogP contribution in [0.3, 0.4) is 0 Å². The second kappa shape index (κ2) is 6.17. The number of benzene rings is 2. The second-order valence-electron chi connectivity index (χ2n) is 7.93. The monoisotopic (exact) mass is 391 g/mol. The third kappa shape index (κ3) is 2.51. The molecule has 0 radical (unpaired) electrons. The van der Waals surface area contributed by atoms with E-state index in [9.17, 15) is 4.79 Å². The van der Waals surface area contributed by atoms with E-state index in [-0.39, 0.29) is 12.4 Å². The molecule has 2 aromatic carbocycles. The molecule has 6 rings (SSSR count). The minimum Gasteiger partial charge on any atom is -0.472 e. The molecule has 3 aromatic rings. The third-order valence-electron chi connectivity index (χ3n) is 6.22. The van der Waals surface area contributed by atoms with Crippen molar-refractivity contribution in [1.82, 2.24) is 0 Å². The van der Waals surface area contributed by atoms with Gasteiger partial charge in [0.15, 0.2) is 18.2 Å². The summed E-state index contributed by atoms with van der Waals surface area (Å²) in [5, 5.41) is 1.06. The van der Waals surface area contributed by atoms with Gasteiger partial charge in [0, 0.05) is 40.4 Å². The molecule has 0 spiro atoms. The van der Waals surface area contributed by atoms with Gasteiger partial charge in [0.25, 0.3) is 0 Å². The van der Waals surface area contributed by atoms with Gasteiger partial charge in [0.1, 0.15) is 11.3 Å². The zero-order valence-electron chi connectivity index (χ0n) is 16.2. The quantitative estimate of drug-likeness (QED) is 0.583. The Morgan fingerprint density at radius 3 is 2.69 bits per heavy atom. The molecule has 0 fully saturated rings. The molecule has 6 heteroatoms. The van der Waals surface area contributed by atoms with E-state index >= 15 is 0 Å². The second-order valence-corrected chi connectivity index (χ2v) is 7.93. The van der Waals surface area contributed by atoms with Crippen molar-refractivity contribution in [2.24, 2.45) is 0 Å². The SMILES string of the molecule is Cc1c2c(cc3c4c(c(=O)oc13)CCCC4)CN(c1ccc3c(c1)OCO3)CO2. The zero-order valence-corrected chi connectivity index (χ0v) is 16.2. The van der Waals surface area contributed by atoms with E-state index in [1.165, 1.54) is 0 Å². The van der Waals surface area contributed by atoms with Crippen LogP contribution in [0.4, 0.5) is 5.69 Å². The number of rotatable bonds is 1. The normalized spacial score (nSPS) is 17.1. The predicted molar refractivity (Wildman–Crippen MR) is 108 cm³/mol. The van der Waals surface area contributed by atoms with Gasteiger partial charge in [-0.05, 0) is 56.4 Å². The highest BCUT2D eigenvalue weighted by Crippen LogP contribution is 2.40. The molecule has 6 nitrogen and oxygen atoms in total. The summed E-state index contributed by atoms with van der Waals surface area (Å²) < 4.78 is 22.8. The van der Waals surface area contributed by atoms with Crippen molar-refractivity contribution in [3.8, 4) is 17.2 Å². The fourth-order valence-corrected chi connectivity index (χ4v) is 4.75. The van der Waals surface area contributed by atoms with Gasteiger partial charge in [-0.3, -0.25) is 0 Å². The van der Waals surface area contributed by atoms with Crippen LogP contribution in [-0.2, 0) is 19.4 Å². The molecule has 0 saturated heterocycles. The summed E-state index contributed by atoms with van der Waals surface area (Å²) in [4.78, 5) is 14.7. The Balaban J connectivity index is 1.45. The molecular formula is C23H21NO5. The summed E-state index contributed by atoms with van der Waals surface area (Å²) in [5.41, 5.74) is 5.55. The van der Waals surface area contributed by atoms with Gasteiger partial charge in [-0.15, -0.1) is 0 Å². The number of hydrogen-bond donors (Lipinski definition) is 0. The maximum Gasteiger partial charge on any atom is 0.339 e. The Kier molecular flexibility index (Phi) is 3.57. The first kappa shape index (κ1) is 16.8. The highest BCUT2D eigenvalue weighted by Gasteiger charge is 2.26. The van der Waals surface area contributed by atoms with Crippen molar-refractivity contribution in [3.63, 3.8) is 0 Å². The molecule has 0 atom stereocenters. The van der Waals surface area contributed by atoms with Crippen LogP contribution < -0.4 is 24.7 Å². The van der Waals surface area contributed by atoms with Crippen LogP contribution in [0, 0.1) is 6.92 Å². The molecule has 0 N–H and O–H groups in total. The van der Waals surface area contributed by atoms with Gasteiger partial charge >= 0.3 is 5.63 Å². The fourth-order valence-electron chi connectivity index (χ4n) is 4.75. The number of hydrogen-bond acceptors (Lipinski definition) is 6. The molecule has 3 aliphatic rings. The summed E-state index contributed by atoms with van der Waals surface area (Å²) >= 11 is 0.